The molecule has 1 atom stereocenters. The Kier molecular flexibility index (Phi) is 4.14. The van der Waals surface area contributed by atoms with Crippen LogP contribution in [0.15, 0.2) is 18.2 Å². The SMILES string of the molecule is CNC(C)c1cccc(F)c1N1CCC(C)(C)CC1. The minimum absolute atomic E-state index is 0.0979. The van der Waals surface area contributed by atoms with Crippen LogP contribution >= 0.6 is 0 Å². The molecule has 3 heteroatoms. The van der Waals surface area contributed by atoms with E-state index in [0.29, 0.717) is 5.41 Å². The van der Waals surface area contributed by atoms with Gasteiger partial charge in [0.25, 0.3) is 0 Å². The molecule has 1 N–H and O–H groups in total. The summed E-state index contributed by atoms with van der Waals surface area (Å²) in [5.41, 5.74) is 2.23. The summed E-state index contributed by atoms with van der Waals surface area (Å²) in [6, 6.07) is 5.57. The molecule has 1 saturated heterocycles. The van der Waals surface area contributed by atoms with E-state index in [-0.39, 0.29) is 11.9 Å². The largest absolute Gasteiger partial charge is 0.369 e. The Bertz CT molecular complexity index is 432. The average molecular weight is 264 g/mol. The lowest BCUT2D eigenvalue weighted by Crippen LogP contribution is -2.38. The molecule has 1 heterocycles. The highest BCUT2D eigenvalue weighted by molar-refractivity contribution is 5.56. The van der Waals surface area contributed by atoms with Crippen molar-refractivity contribution in [1.29, 1.82) is 0 Å². The molecule has 1 aromatic carbocycles. The van der Waals surface area contributed by atoms with Crippen LogP contribution in [0.2, 0.25) is 0 Å². The molecule has 106 valence electrons. The maximum atomic E-state index is 14.3. The number of para-hydroxylation sites is 1. The van der Waals surface area contributed by atoms with E-state index in [1.807, 2.05) is 13.1 Å². The molecule has 0 spiro atoms. The van der Waals surface area contributed by atoms with Gasteiger partial charge in [0, 0.05) is 19.1 Å². The van der Waals surface area contributed by atoms with E-state index in [2.05, 4.69) is 31.0 Å². The van der Waals surface area contributed by atoms with Gasteiger partial charge in [-0.1, -0.05) is 26.0 Å². The number of halogens is 1. The van der Waals surface area contributed by atoms with Crippen LogP contribution < -0.4 is 10.2 Å². The second-order valence-corrected chi connectivity index (χ2v) is 6.34. The Balaban J connectivity index is 2.29. The van der Waals surface area contributed by atoms with Crippen LogP contribution in [0.3, 0.4) is 0 Å². The van der Waals surface area contributed by atoms with Crippen molar-refractivity contribution >= 4 is 5.69 Å². The Labute approximate surface area is 116 Å². The summed E-state index contributed by atoms with van der Waals surface area (Å²) >= 11 is 0. The first-order valence-electron chi connectivity index (χ1n) is 7.15. The second-order valence-electron chi connectivity index (χ2n) is 6.34. The van der Waals surface area contributed by atoms with E-state index in [1.165, 1.54) is 0 Å². The molecule has 0 amide bonds. The Morgan fingerprint density at radius 3 is 2.47 bits per heavy atom. The zero-order valence-electron chi connectivity index (χ0n) is 12.5. The number of nitrogens with one attached hydrogen (secondary N) is 1. The molecule has 0 aromatic heterocycles. The first kappa shape index (κ1) is 14.3. The number of piperidine rings is 1. The van der Waals surface area contributed by atoms with Crippen LogP contribution in [-0.2, 0) is 0 Å². The molecular formula is C16H25FN2. The van der Waals surface area contributed by atoms with E-state index in [4.69, 9.17) is 0 Å². The monoisotopic (exact) mass is 264 g/mol. The van der Waals surface area contributed by atoms with E-state index in [9.17, 15) is 4.39 Å². The molecule has 1 aliphatic rings. The Morgan fingerprint density at radius 1 is 1.26 bits per heavy atom. The van der Waals surface area contributed by atoms with Gasteiger partial charge in [-0.15, -0.1) is 0 Å². The van der Waals surface area contributed by atoms with Crippen molar-refractivity contribution in [3.8, 4) is 0 Å². The Hall–Kier alpha value is -1.09. The van der Waals surface area contributed by atoms with Crippen LogP contribution in [0.1, 0.15) is 45.2 Å². The minimum atomic E-state index is -0.0979. The first-order valence-corrected chi connectivity index (χ1v) is 7.15. The molecule has 1 fully saturated rings. The smallest absolute Gasteiger partial charge is 0.146 e. The lowest BCUT2D eigenvalue weighted by Gasteiger charge is -2.39. The van der Waals surface area contributed by atoms with Crippen molar-refractivity contribution in [1.82, 2.24) is 5.32 Å². The van der Waals surface area contributed by atoms with Gasteiger partial charge < -0.3 is 10.2 Å². The van der Waals surface area contributed by atoms with Crippen LogP contribution in [0.25, 0.3) is 0 Å². The highest BCUT2D eigenvalue weighted by Crippen LogP contribution is 2.36. The molecule has 1 unspecified atom stereocenters. The van der Waals surface area contributed by atoms with Crippen molar-refractivity contribution in [2.45, 2.75) is 39.7 Å². The maximum Gasteiger partial charge on any atom is 0.146 e. The van der Waals surface area contributed by atoms with Gasteiger partial charge >= 0.3 is 0 Å². The van der Waals surface area contributed by atoms with Crippen LogP contribution in [0.5, 0.6) is 0 Å². The third-order valence-electron chi connectivity index (χ3n) is 4.35. The number of anilines is 1. The Morgan fingerprint density at radius 2 is 1.89 bits per heavy atom. The fourth-order valence-corrected chi connectivity index (χ4v) is 2.71. The summed E-state index contributed by atoms with van der Waals surface area (Å²) in [5.74, 6) is -0.0979. The fourth-order valence-electron chi connectivity index (χ4n) is 2.71. The quantitative estimate of drug-likeness (QED) is 0.895. The van der Waals surface area contributed by atoms with Gasteiger partial charge in [-0.25, -0.2) is 4.39 Å². The van der Waals surface area contributed by atoms with Crippen molar-refractivity contribution < 1.29 is 4.39 Å². The highest BCUT2D eigenvalue weighted by atomic mass is 19.1. The second kappa shape index (κ2) is 5.49. The molecule has 0 aliphatic carbocycles. The number of hydrogen-bond acceptors (Lipinski definition) is 2. The lowest BCUT2D eigenvalue weighted by atomic mass is 9.82. The minimum Gasteiger partial charge on any atom is -0.369 e. The summed E-state index contributed by atoms with van der Waals surface area (Å²) < 4.78 is 14.3. The third kappa shape index (κ3) is 3.08. The normalized spacial score (nSPS) is 20.4. The lowest BCUT2D eigenvalue weighted by molar-refractivity contribution is 0.278. The first-order chi connectivity index (χ1) is 8.94. The number of benzene rings is 1. The number of nitrogens with zero attached hydrogens (tertiary/aromatic N) is 1. The standard InChI is InChI=1S/C16H25FN2/c1-12(18-4)13-6-5-7-14(17)15(13)19-10-8-16(2,3)9-11-19/h5-7,12,18H,8-11H2,1-4H3. The van der Waals surface area contributed by atoms with Gasteiger partial charge in [0.15, 0.2) is 0 Å². The van der Waals surface area contributed by atoms with E-state index < -0.39 is 0 Å². The van der Waals surface area contributed by atoms with Gasteiger partial charge in [0.2, 0.25) is 0 Å². The molecule has 1 aromatic rings. The van der Waals surface area contributed by atoms with Gasteiger partial charge in [0.05, 0.1) is 5.69 Å². The summed E-state index contributed by atoms with van der Waals surface area (Å²) in [7, 11) is 1.92. The van der Waals surface area contributed by atoms with E-state index >= 15 is 0 Å². The zero-order valence-corrected chi connectivity index (χ0v) is 12.5. The van der Waals surface area contributed by atoms with Crippen molar-refractivity contribution in [2.75, 3.05) is 25.0 Å². The number of rotatable bonds is 3. The summed E-state index contributed by atoms with van der Waals surface area (Å²) in [5, 5.41) is 3.21. The molecule has 0 bridgehead atoms. The summed E-state index contributed by atoms with van der Waals surface area (Å²) in [6.45, 7) is 8.55. The van der Waals surface area contributed by atoms with Gasteiger partial charge in [-0.3, -0.25) is 0 Å². The average Bonchev–Trinajstić information content (AvgIpc) is 2.38. The van der Waals surface area contributed by atoms with Gasteiger partial charge in [-0.2, -0.15) is 0 Å². The van der Waals surface area contributed by atoms with Crippen molar-refractivity contribution in [2.24, 2.45) is 5.41 Å². The van der Waals surface area contributed by atoms with Crippen LogP contribution in [0, 0.1) is 11.2 Å². The molecule has 1 aliphatic heterocycles. The van der Waals surface area contributed by atoms with Crippen molar-refractivity contribution in [3.63, 3.8) is 0 Å². The maximum absolute atomic E-state index is 14.3. The molecule has 0 radical (unpaired) electrons. The molecular weight excluding hydrogens is 239 g/mol. The van der Waals surface area contributed by atoms with E-state index in [0.717, 1.165) is 37.2 Å². The molecule has 2 nitrogen and oxygen atoms in total. The van der Waals surface area contributed by atoms with Crippen LogP contribution in [-0.4, -0.2) is 20.1 Å². The van der Waals surface area contributed by atoms with Crippen molar-refractivity contribution in [3.05, 3.63) is 29.6 Å². The van der Waals surface area contributed by atoms with Gasteiger partial charge in [0.1, 0.15) is 5.82 Å². The number of hydrogen-bond donors (Lipinski definition) is 1. The molecule has 0 saturated carbocycles. The predicted molar refractivity (Wildman–Crippen MR) is 79.1 cm³/mol. The summed E-state index contributed by atoms with van der Waals surface area (Å²) in [4.78, 5) is 2.21. The topological polar surface area (TPSA) is 15.3 Å². The molecule has 19 heavy (non-hydrogen) atoms. The van der Waals surface area contributed by atoms with E-state index in [1.54, 1.807) is 12.1 Å². The predicted octanol–water partition coefficient (Wildman–Crippen LogP) is 3.73. The highest BCUT2D eigenvalue weighted by Gasteiger charge is 2.28. The zero-order chi connectivity index (χ0) is 14.0. The fraction of sp³-hybridized carbons (Fsp3) is 0.625. The van der Waals surface area contributed by atoms with Gasteiger partial charge in [-0.05, 0) is 43.9 Å². The van der Waals surface area contributed by atoms with Crippen LogP contribution in [0.4, 0.5) is 10.1 Å². The molecule has 2 rings (SSSR count). The third-order valence-corrected chi connectivity index (χ3v) is 4.35. The summed E-state index contributed by atoms with van der Waals surface area (Å²) in [6.07, 6.45) is 2.24.